The number of hydrogen-bond donors (Lipinski definition) is 0. The van der Waals surface area contributed by atoms with Crippen molar-refractivity contribution in [1.29, 1.82) is 0 Å². The van der Waals surface area contributed by atoms with E-state index in [9.17, 15) is 4.39 Å². The van der Waals surface area contributed by atoms with E-state index in [1.54, 1.807) is 0 Å². The van der Waals surface area contributed by atoms with Gasteiger partial charge in [0.2, 0.25) is 6.54 Å². The number of rotatable bonds is 3. The largest absolute Gasteiger partial charge is 0.314 e. The molecule has 0 spiro atoms. The summed E-state index contributed by atoms with van der Waals surface area (Å²) in [4.78, 5) is 2.96. The van der Waals surface area contributed by atoms with Crippen LogP contribution in [0.1, 0.15) is 20.3 Å². The third kappa shape index (κ3) is 5.29. The van der Waals surface area contributed by atoms with Crippen LogP contribution in [0.25, 0.3) is 4.85 Å². The van der Waals surface area contributed by atoms with Crippen LogP contribution in [0.5, 0.6) is 0 Å². The molecule has 0 aromatic carbocycles. The van der Waals surface area contributed by atoms with Gasteiger partial charge in [0, 0.05) is 0 Å². The fourth-order valence-electron chi connectivity index (χ4n) is 0.685. The monoisotopic (exact) mass is 129 g/mol. The molecule has 52 valence electrons. The summed E-state index contributed by atoms with van der Waals surface area (Å²) < 4.78 is 12.4. The van der Waals surface area contributed by atoms with Gasteiger partial charge in [0.25, 0.3) is 0 Å². The van der Waals surface area contributed by atoms with Gasteiger partial charge in [-0.05, 0) is 12.3 Å². The summed E-state index contributed by atoms with van der Waals surface area (Å²) in [5.74, 6) is 0.363. The molecule has 1 nitrogen and oxygen atoms in total. The Morgan fingerprint density at radius 3 is 2.44 bits per heavy atom. The molecule has 9 heavy (non-hydrogen) atoms. The number of alkyl halides is 1. The maximum atomic E-state index is 12.4. The lowest BCUT2D eigenvalue weighted by Gasteiger charge is -2.03. The zero-order valence-electron chi connectivity index (χ0n) is 5.89. The highest BCUT2D eigenvalue weighted by Gasteiger charge is 2.10. The molecule has 0 bridgehead atoms. The Hall–Kier alpha value is -0.580. The van der Waals surface area contributed by atoms with Gasteiger partial charge in [-0.1, -0.05) is 13.8 Å². The number of hydrogen-bond acceptors (Lipinski definition) is 0. The standard InChI is InChI=1S/C7H12FN/c1-6(2)4-7(8)5-9-3/h6-7H,4-5H2,1-2H3. The third-order valence-electron chi connectivity index (χ3n) is 1.02. The predicted octanol–water partition coefficient (Wildman–Crippen LogP) is 2.29. The van der Waals surface area contributed by atoms with Crippen LogP contribution < -0.4 is 0 Å². The average Bonchev–Trinajstić information content (AvgIpc) is 1.63. The Kier molecular flexibility index (Phi) is 4.04. The Labute approximate surface area is 55.7 Å². The first-order valence-corrected chi connectivity index (χ1v) is 3.14. The molecule has 2 heteroatoms. The smallest absolute Gasteiger partial charge is 0.245 e. The van der Waals surface area contributed by atoms with Crippen LogP contribution in [-0.4, -0.2) is 12.7 Å². The van der Waals surface area contributed by atoms with Crippen molar-refractivity contribution in [2.45, 2.75) is 26.4 Å². The minimum Gasteiger partial charge on any atom is -0.314 e. The molecule has 0 saturated carbocycles. The maximum Gasteiger partial charge on any atom is 0.245 e. The van der Waals surface area contributed by atoms with Crippen molar-refractivity contribution in [1.82, 2.24) is 0 Å². The zero-order valence-corrected chi connectivity index (χ0v) is 5.89. The Balaban J connectivity index is 3.29. The fourth-order valence-corrected chi connectivity index (χ4v) is 0.685. The first-order chi connectivity index (χ1) is 4.16. The molecule has 0 aliphatic heterocycles. The van der Waals surface area contributed by atoms with Crippen molar-refractivity contribution in [3.05, 3.63) is 11.4 Å². The third-order valence-corrected chi connectivity index (χ3v) is 1.02. The van der Waals surface area contributed by atoms with Crippen molar-refractivity contribution in [3.63, 3.8) is 0 Å². The second kappa shape index (κ2) is 4.31. The summed E-state index contributed by atoms with van der Waals surface area (Å²) in [6.45, 7) is 10.3. The average molecular weight is 129 g/mol. The molecular formula is C7H12FN. The lowest BCUT2D eigenvalue weighted by molar-refractivity contribution is 0.301. The van der Waals surface area contributed by atoms with Crippen molar-refractivity contribution in [2.75, 3.05) is 6.54 Å². The predicted molar refractivity (Wildman–Crippen MR) is 35.8 cm³/mol. The Morgan fingerprint density at radius 2 is 2.11 bits per heavy atom. The van der Waals surface area contributed by atoms with Gasteiger partial charge in [-0.2, -0.15) is 0 Å². The van der Waals surface area contributed by atoms with Gasteiger partial charge in [0.1, 0.15) is 0 Å². The molecule has 0 N–H and O–H groups in total. The first kappa shape index (κ1) is 8.42. The lowest BCUT2D eigenvalue weighted by Crippen LogP contribution is -2.06. The summed E-state index contributed by atoms with van der Waals surface area (Å²) in [5.41, 5.74) is 0. The van der Waals surface area contributed by atoms with E-state index in [0.717, 1.165) is 0 Å². The SMILES string of the molecule is [C-]#[N+]CC(F)CC(C)C. The molecule has 1 atom stereocenters. The van der Waals surface area contributed by atoms with E-state index in [1.165, 1.54) is 0 Å². The van der Waals surface area contributed by atoms with Crippen LogP contribution in [0.3, 0.4) is 0 Å². The minimum absolute atomic E-state index is 0.0260. The van der Waals surface area contributed by atoms with Gasteiger partial charge in [0.15, 0.2) is 6.17 Å². The van der Waals surface area contributed by atoms with E-state index in [0.29, 0.717) is 12.3 Å². The summed E-state index contributed by atoms with van der Waals surface area (Å²) in [7, 11) is 0. The van der Waals surface area contributed by atoms with E-state index in [1.807, 2.05) is 13.8 Å². The normalized spacial score (nSPS) is 13.2. The molecule has 1 unspecified atom stereocenters. The molecule has 0 aromatic heterocycles. The molecule has 0 heterocycles. The fraction of sp³-hybridized carbons (Fsp3) is 0.857. The molecule has 0 rings (SSSR count). The second-order valence-corrected chi connectivity index (χ2v) is 2.57. The van der Waals surface area contributed by atoms with Crippen LogP contribution in [0.2, 0.25) is 0 Å². The van der Waals surface area contributed by atoms with Crippen LogP contribution in [0.15, 0.2) is 0 Å². The molecule has 0 aliphatic rings. The number of nitrogens with zero attached hydrogens (tertiary/aromatic N) is 1. The van der Waals surface area contributed by atoms with Gasteiger partial charge in [-0.25, -0.2) is 11.0 Å². The van der Waals surface area contributed by atoms with E-state index in [2.05, 4.69) is 4.85 Å². The van der Waals surface area contributed by atoms with E-state index in [4.69, 9.17) is 6.57 Å². The highest BCUT2D eigenvalue weighted by molar-refractivity contribution is 4.69. The van der Waals surface area contributed by atoms with Crippen LogP contribution in [0.4, 0.5) is 4.39 Å². The van der Waals surface area contributed by atoms with Crippen molar-refractivity contribution < 1.29 is 4.39 Å². The topological polar surface area (TPSA) is 4.36 Å². The van der Waals surface area contributed by atoms with Crippen molar-refractivity contribution in [2.24, 2.45) is 5.92 Å². The first-order valence-electron chi connectivity index (χ1n) is 3.14. The second-order valence-electron chi connectivity index (χ2n) is 2.57. The van der Waals surface area contributed by atoms with Gasteiger partial charge in [0.05, 0.1) is 0 Å². The minimum atomic E-state index is -0.914. The van der Waals surface area contributed by atoms with E-state index in [-0.39, 0.29) is 6.54 Å². The van der Waals surface area contributed by atoms with Gasteiger partial charge < -0.3 is 4.85 Å². The van der Waals surface area contributed by atoms with Gasteiger partial charge >= 0.3 is 0 Å². The summed E-state index contributed by atoms with van der Waals surface area (Å²) in [5, 5.41) is 0. The molecule has 0 aromatic rings. The Bertz CT molecular complexity index is 104. The van der Waals surface area contributed by atoms with E-state index >= 15 is 0 Å². The van der Waals surface area contributed by atoms with Gasteiger partial charge in [-0.15, -0.1) is 0 Å². The molecule has 0 amide bonds. The van der Waals surface area contributed by atoms with Crippen molar-refractivity contribution in [3.8, 4) is 0 Å². The highest BCUT2D eigenvalue weighted by atomic mass is 19.1. The maximum absolute atomic E-state index is 12.4. The summed E-state index contributed by atoms with van der Waals surface area (Å²) in [6.07, 6.45) is -0.398. The summed E-state index contributed by atoms with van der Waals surface area (Å²) >= 11 is 0. The molecule has 0 saturated heterocycles. The Morgan fingerprint density at radius 1 is 1.56 bits per heavy atom. The van der Waals surface area contributed by atoms with E-state index < -0.39 is 6.17 Å². The van der Waals surface area contributed by atoms with Crippen LogP contribution in [0, 0.1) is 12.5 Å². The van der Waals surface area contributed by atoms with Gasteiger partial charge in [-0.3, -0.25) is 0 Å². The molecular weight excluding hydrogens is 117 g/mol. The quantitative estimate of drug-likeness (QED) is 0.515. The number of halogens is 1. The van der Waals surface area contributed by atoms with Crippen LogP contribution >= 0.6 is 0 Å². The molecule has 0 fully saturated rings. The lowest BCUT2D eigenvalue weighted by atomic mass is 10.1. The molecule has 0 radical (unpaired) electrons. The summed E-state index contributed by atoms with van der Waals surface area (Å²) in [6, 6.07) is 0. The van der Waals surface area contributed by atoms with Crippen LogP contribution in [-0.2, 0) is 0 Å². The van der Waals surface area contributed by atoms with Crippen molar-refractivity contribution >= 4 is 0 Å². The molecule has 0 aliphatic carbocycles. The zero-order chi connectivity index (χ0) is 7.28. The highest BCUT2D eigenvalue weighted by Crippen LogP contribution is 2.07.